The highest BCUT2D eigenvalue weighted by Crippen LogP contribution is 2.21. The van der Waals surface area contributed by atoms with E-state index in [4.69, 9.17) is 10.5 Å². The Hall–Kier alpha value is -2.04. The largest absolute Gasteiger partial charge is 0.466 e. The van der Waals surface area contributed by atoms with Crippen molar-refractivity contribution in [3.63, 3.8) is 0 Å². The Kier molecular flexibility index (Phi) is 4.83. The minimum absolute atomic E-state index is 0.0734. The predicted octanol–water partition coefficient (Wildman–Crippen LogP) is 1.99. The normalized spacial score (nSPS) is 18.4. The van der Waals surface area contributed by atoms with Crippen molar-refractivity contribution in [3.8, 4) is 0 Å². The molecule has 114 valence electrons. The average molecular weight is 290 g/mol. The van der Waals surface area contributed by atoms with Gasteiger partial charge in [0.1, 0.15) is 0 Å². The van der Waals surface area contributed by atoms with Gasteiger partial charge in [-0.15, -0.1) is 0 Å². The monoisotopic (exact) mass is 290 g/mol. The van der Waals surface area contributed by atoms with E-state index in [2.05, 4.69) is 0 Å². The molecule has 1 aliphatic heterocycles. The molecule has 5 nitrogen and oxygen atoms in total. The SMILES string of the molecule is CCOC(=O)C1CCCN(C(=O)c2ccc(C)c(N)c2)C1. The van der Waals surface area contributed by atoms with Crippen molar-refractivity contribution in [1.29, 1.82) is 0 Å². The number of hydrogen-bond acceptors (Lipinski definition) is 4. The van der Waals surface area contributed by atoms with Gasteiger partial charge in [-0.3, -0.25) is 9.59 Å². The summed E-state index contributed by atoms with van der Waals surface area (Å²) in [5.74, 6) is -0.500. The zero-order valence-corrected chi connectivity index (χ0v) is 12.6. The first-order valence-corrected chi connectivity index (χ1v) is 7.35. The molecule has 0 aliphatic carbocycles. The van der Waals surface area contributed by atoms with Crippen LogP contribution < -0.4 is 5.73 Å². The summed E-state index contributed by atoms with van der Waals surface area (Å²) < 4.78 is 5.05. The highest BCUT2D eigenvalue weighted by molar-refractivity contribution is 5.95. The third-order valence-electron chi connectivity index (χ3n) is 3.85. The molecule has 0 aromatic heterocycles. The van der Waals surface area contributed by atoms with Crippen molar-refractivity contribution in [2.75, 3.05) is 25.4 Å². The fraction of sp³-hybridized carbons (Fsp3) is 0.500. The highest BCUT2D eigenvalue weighted by Gasteiger charge is 2.29. The molecule has 1 unspecified atom stereocenters. The first-order valence-electron chi connectivity index (χ1n) is 7.35. The van der Waals surface area contributed by atoms with E-state index in [1.165, 1.54) is 0 Å². The average Bonchev–Trinajstić information content (AvgIpc) is 2.49. The topological polar surface area (TPSA) is 72.6 Å². The number of amides is 1. The van der Waals surface area contributed by atoms with Crippen molar-refractivity contribution in [2.45, 2.75) is 26.7 Å². The molecule has 1 fully saturated rings. The molecular weight excluding hydrogens is 268 g/mol. The van der Waals surface area contributed by atoms with E-state index in [0.717, 1.165) is 18.4 Å². The number of nitrogen functional groups attached to an aromatic ring is 1. The summed E-state index contributed by atoms with van der Waals surface area (Å²) >= 11 is 0. The fourth-order valence-corrected chi connectivity index (χ4v) is 2.57. The number of esters is 1. The van der Waals surface area contributed by atoms with Crippen LogP contribution in [0.5, 0.6) is 0 Å². The lowest BCUT2D eigenvalue weighted by Crippen LogP contribution is -2.42. The number of rotatable bonds is 3. The van der Waals surface area contributed by atoms with Gasteiger partial charge in [-0.05, 0) is 44.4 Å². The Labute approximate surface area is 125 Å². The zero-order valence-electron chi connectivity index (χ0n) is 12.6. The van der Waals surface area contributed by atoms with Crippen LogP contribution in [-0.4, -0.2) is 36.5 Å². The smallest absolute Gasteiger partial charge is 0.310 e. The van der Waals surface area contributed by atoms with Gasteiger partial charge in [0.2, 0.25) is 0 Å². The highest BCUT2D eigenvalue weighted by atomic mass is 16.5. The van der Waals surface area contributed by atoms with E-state index in [0.29, 0.717) is 30.9 Å². The van der Waals surface area contributed by atoms with E-state index in [1.807, 2.05) is 13.0 Å². The van der Waals surface area contributed by atoms with Crippen LogP contribution in [0.3, 0.4) is 0 Å². The van der Waals surface area contributed by atoms with Crippen LogP contribution in [0, 0.1) is 12.8 Å². The molecule has 1 atom stereocenters. The number of piperidine rings is 1. The van der Waals surface area contributed by atoms with Gasteiger partial charge in [-0.1, -0.05) is 6.07 Å². The quantitative estimate of drug-likeness (QED) is 0.682. The Morgan fingerprint density at radius 1 is 1.43 bits per heavy atom. The van der Waals surface area contributed by atoms with Crippen molar-refractivity contribution < 1.29 is 14.3 Å². The molecule has 1 aliphatic rings. The number of nitrogens with zero attached hydrogens (tertiary/aromatic N) is 1. The number of hydrogen-bond donors (Lipinski definition) is 1. The van der Waals surface area contributed by atoms with Crippen LogP contribution >= 0.6 is 0 Å². The number of aryl methyl sites for hydroxylation is 1. The lowest BCUT2D eigenvalue weighted by atomic mass is 9.97. The van der Waals surface area contributed by atoms with E-state index in [-0.39, 0.29) is 17.8 Å². The molecule has 2 rings (SSSR count). The van der Waals surface area contributed by atoms with Gasteiger partial charge in [-0.25, -0.2) is 0 Å². The maximum absolute atomic E-state index is 12.5. The number of carbonyl (C=O) groups is 2. The molecule has 0 radical (unpaired) electrons. The lowest BCUT2D eigenvalue weighted by Gasteiger charge is -2.31. The van der Waals surface area contributed by atoms with Gasteiger partial charge in [0.25, 0.3) is 5.91 Å². The maximum Gasteiger partial charge on any atom is 0.310 e. The van der Waals surface area contributed by atoms with Crippen molar-refractivity contribution in [1.82, 2.24) is 4.90 Å². The van der Waals surface area contributed by atoms with Crippen LogP contribution in [0.4, 0.5) is 5.69 Å². The van der Waals surface area contributed by atoms with Crippen LogP contribution in [0.1, 0.15) is 35.7 Å². The first-order chi connectivity index (χ1) is 10.0. The van der Waals surface area contributed by atoms with Gasteiger partial charge >= 0.3 is 5.97 Å². The molecule has 1 saturated heterocycles. The van der Waals surface area contributed by atoms with E-state index >= 15 is 0 Å². The molecule has 1 amide bonds. The molecule has 1 heterocycles. The van der Waals surface area contributed by atoms with Crippen LogP contribution in [0.15, 0.2) is 18.2 Å². The Morgan fingerprint density at radius 3 is 2.86 bits per heavy atom. The fourth-order valence-electron chi connectivity index (χ4n) is 2.57. The molecular formula is C16H22N2O3. The second-order valence-corrected chi connectivity index (χ2v) is 5.41. The summed E-state index contributed by atoms with van der Waals surface area (Å²) in [6, 6.07) is 5.32. The number of anilines is 1. The Bertz CT molecular complexity index is 542. The second-order valence-electron chi connectivity index (χ2n) is 5.41. The van der Waals surface area contributed by atoms with E-state index in [9.17, 15) is 9.59 Å². The molecule has 1 aromatic carbocycles. The Morgan fingerprint density at radius 2 is 2.19 bits per heavy atom. The minimum Gasteiger partial charge on any atom is -0.466 e. The zero-order chi connectivity index (χ0) is 15.4. The summed E-state index contributed by atoms with van der Waals surface area (Å²) in [5, 5.41) is 0. The van der Waals surface area contributed by atoms with E-state index < -0.39 is 0 Å². The van der Waals surface area contributed by atoms with Crippen molar-refractivity contribution in [2.24, 2.45) is 5.92 Å². The van der Waals surface area contributed by atoms with Crippen molar-refractivity contribution >= 4 is 17.6 Å². The van der Waals surface area contributed by atoms with Crippen LogP contribution in [-0.2, 0) is 9.53 Å². The summed E-state index contributed by atoms with van der Waals surface area (Å²) in [6.07, 6.45) is 1.59. The maximum atomic E-state index is 12.5. The second kappa shape index (κ2) is 6.61. The summed E-state index contributed by atoms with van der Waals surface area (Å²) in [4.78, 5) is 26.0. The third-order valence-corrected chi connectivity index (χ3v) is 3.85. The van der Waals surface area contributed by atoms with E-state index in [1.54, 1.807) is 24.0 Å². The molecule has 21 heavy (non-hydrogen) atoms. The summed E-state index contributed by atoms with van der Waals surface area (Å²) in [6.45, 7) is 5.16. The van der Waals surface area contributed by atoms with Gasteiger partial charge < -0.3 is 15.4 Å². The lowest BCUT2D eigenvalue weighted by molar-refractivity contribution is -0.149. The molecule has 0 bridgehead atoms. The van der Waals surface area contributed by atoms with Crippen LogP contribution in [0.2, 0.25) is 0 Å². The number of carbonyl (C=O) groups excluding carboxylic acids is 2. The molecule has 0 spiro atoms. The predicted molar refractivity (Wildman–Crippen MR) is 80.9 cm³/mol. The molecule has 1 aromatic rings. The molecule has 0 saturated carbocycles. The van der Waals surface area contributed by atoms with Crippen molar-refractivity contribution in [3.05, 3.63) is 29.3 Å². The number of ether oxygens (including phenoxy) is 1. The Balaban J connectivity index is 2.08. The van der Waals surface area contributed by atoms with Gasteiger partial charge in [-0.2, -0.15) is 0 Å². The summed E-state index contributed by atoms with van der Waals surface area (Å²) in [7, 11) is 0. The first kappa shape index (κ1) is 15.4. The van der Waals surface area contributed by atoms with Gasteiger partial charge in [0.05, 0.1) is 12.5 Å². The minimum atomic E-state index is -0.217. The molecule has 5 heteroatoms. The number of likely N-dealkylation sites (tertiary alicyclic amines) is 1. The standard InChI is InChI=1S/C16H22N2O3/c1-3-21-16(20)13-5-4-8-18(10-13)15(19)12-7-6-11(2)14(17)9-12/h6-7,9,13H,3-5,8,10,17H2,1-2H3. The third kappa shape index (κ3) is 3.54. The van der Waals surface area contributed by atoms with Gasteiger partial charge in [0, 0.05) is 24.3 Å². The van der Waals surface area contributed by atoms with Crippen LogP contribution in [0.25, 0.3) is 0 Å². The van der Waals surface area contributed by atoms with Gasteiger partial charge in [0.15, 0.2) is 0 Å². The molecule has 2 N–H and O–H groups in total. The number of benzene rings is 1. The number of nitrogens with two attached hydrogens (primary N) is 1. The summed E-state index contributed by atoms with van der Waals surface area (Å²) in [5.41, 5.74) is 7.99.